The fourth-order valence-corrected chi connectivity index (χ4v) is 4.62. The van der Waals surface area contributed by atoms with Crippen molar-refractivity contribution >= 4 is 31.6 Å². The van der Waals surface area contributed by atoms with Crippen LogP contribution in [0.3, 0.4) is 0 Å². The molecule has 1 aliphatic heterocycles. The number of nitrogens with two attached hydrogens (primary N) is 1. The predicted octanol–water partition coefficient (Wildman–Crippen LogP) is 1.79. The first-order chi connectivity index (χ1) is 9.44. The number of nitrogen functional groups attached to an aromatic ring is 1. The van der Waals surface area contributed by atoms with Crippen LogP contribution >= 0.6 is 15.9 Å². The summed E-state index contributed by atoms with van der Waals surface area (Å²) >= 11 is 3.26. The molecule has 2 rings (SSSR count). The Kier molecular flexibility index (Phi) is 5.06. The van der Waals surface area contributed by atoms with E-state index in [0.717, 1.165) is 25.9 Å². The van der Waals surface area contributed by atoms with Gasteiger partial charge in [0, 0.05) is 22.7 Å². The maximum Gasteiger partial charge on any atom is 0.241 e. The number of hydrogen-bond acceptors (Lipinski definition) is 4. The minimum atomic E-state index is -3.54. The first kappa shape index (κ1) is 15.8. The molecule has 1 saturated heterocycles. The van der Waals surface area contributed by atoms with Gasteiger partial charge in [0.1, 0.15) is 0 Å². The third-order valence-electron chi connectivity index (χ3n) is 3.66. The summed E-state index contributed by atoms with van der Waals surface area (Å²) in [6, 6.07) is 5.07. The van der Waals surface area contributed by atoms with E-state index in [0.29, 0.717) is 16.7 Å². The maximum absolute atomic E-state index is 12.3. The SMILES string of the molecule is CCN1CCCC1CNS(=O)(=O)c1cc(N)ccc1Br. The average molecular weight is 362 g/mol. The Balaban J connectivity index is 2.09. The Morgan fingerprint density at radius 2 is 2.25 bits per heavy atom. The van der Waals surface area contributed by atoms with Crippen LogP contribution < -0.4 is 10.5 Å². The lowest BCUT2D eigenvalue weighted by atomic mass is 10.2. The van der Waals surface area contributed by atoms with Gasteiger partial charge in [-0.1, -0.05) is 6.92 Å². The van der Waals surface area contributed by atoms with Crippen LogP contribution in [0.1, 0.15) is 19.8 Å². The van der Waals surface area contributed by atoms with Gasteiger partial charge in [-0.05, 0) is 60.1 Å². The molecule has 1 aromatic rings. The van der Waals surface area contributed by atoms with E-state index in [-0.39, 0.29) is 10.9 Å². The van der Waals surface area contributed by atoms with Crippen LogP contribution in [0, 0.1) is 0 Å². The minimum absolute atomic E-state index is 0.193. The Hall–Kier alpha value is -0.630. The number of halogens is 1. The summed E-state index contributed by atoms with van der Waals surface area (Å²) in [6.07, 6.45) is 2.16. The lowest BCUT2D eigenvalue weighted by molar-refractivity contribution is 0.268. The van der Waals surface area contributed by atoms with Crippen molar-refractivity contribution in [2.24, 2.45) is 0 Å². The first-order valence-electron chi connectivity index (χ1n) is 6.73. The van der Waals surface area contributed by atoms with Crippen LogP contribution in [0.5, 0.6) is 0 Å². The molecule has 1 atom stereocenters. The molecule has 0 saturated carbocycles. The predicted molar refractivity (Wildman–Crippen MR) is 84.0 cm³/mol. The third kappa shape index (κ3) is 3.52. The molecular weight excluding hydrogens is 342 g/mol. The average Bonchev–Trinajstić information content (AvgIpc) is 2.86. The molecule has 1 unspecified atom stereocenters. The summed E-state index contributed by atoms with van der Waals surface area (Å²) < 4.78 is 27.9. The van der Waals surface area contributed by atoms with Crippen LogP contribution in [0.25, 0.3) is 0 Å². The van der Waals surface area contributed by atoms with Crippen LogP contribution in [0.2, 0.25) is 0 Å². The molecule has 1 fully saturated rings. The van der Waals surface area contributed by atoms with Crippen molar-refractivity contribution in [3.63, 3.8) is 0 Å². The van der Waals surface area contributed by atoms with Gasteiger partial charge >= 0.3 is 0 Å². The molecule has 0 bridgehead atoms. The van der Waals surface area contributed by atoms with Crippen LogP contribution in [-0.4, -0.2) is 39.0 Å². The van der Waals surface area contributed by atoms with Gasteiger partial charge in [-0.2, -0.15) is 0 Å². The Bertz CT molecular complexity index is 577. The number of likely N-dealkylation sites (tertiary alicyclic amines) is 1. The molecule has 3 N–H and O–H groups in total. The molecule has 5 nitrogen and oxygen atoms in total. The van der Waals surface area contributed by atoms with Gasteiger partial charge in [-0.15, -0.1) is 0 Å². The molecule has 1 aliphatic rings. The van der Waals surface area contributed by atoms with Crippen molar-refractivity contribution < 1.29 is 8.42 Å². The lowest BCUT2D eigenvalue weighted by Gasteiger charge is -2.23. The molecule has 0 aromatic heterocycles. The summed E-state index contributed by atoms with van der Waals surface area (Å²) in [6.45, 7) is 4.54. The summed E-state index contributed by atoms with van der Waals surface area (Å²) in [7, 11) is -3.54. The van der Waals surface area contributed by atoms with Gasteiger partial charge in [0.25, 0.3) is 0 Å². The Morgan fingerprint density at radius 3 is 2.95 bits per heavy atom. The number of nitrogens with one attached hydrogen (secondary N) is 1. The van der Waals surface area contributed by atoms with Crippen molar-refractivity contribution in [2.45, 2.75) is 30.7 Å². The second-order valence-corrected chi connectivity index (χ2v) is 7.56. The molecule has 20 heavy (non-hydrogen) atoms. The van der Waals surface area contributed by atoms with Gasteiger partial charge in [-0.25, -0.2) is 13.1 Å². The first-order valence-corrected chi connectivity index (χ1v) is 9.00. The zero-order valence-electron chi connectivity index (χ0n) is 11.5. The number of rotatable bonds is 5. The van der Waals surface area contributed by atoms with Crippen molar-refractivity contribution in [3.05, 3.63) is 22.7 Å². The van der Waals surface area contributed by atoms with Crippen molar-refractivity contribution in [2.75, 3.05) is 25.4 Å². The minimum Gasteiger partial charge on any atom is -0.399 e. The van der Waals surface area contributed by atoms with Gasteiger partial charge < -0.3 is 5.73 Å². The standard InChI is InChI=1S/C13H20BrN3O2S/c1-2-17-7-3-4-11(17)9-16-20(18,19)13-8-10(15)5-6-12(13)14/h5-6,8,11,16H,2-4,7,9,15H2,1H3. The summed E-state index contributed by atoms with van der Waals surface area (Å²) in [4.78, 5) is 2.50. The molecule has 0 spiro atoms. The molecule has 0 amide bonds. The molecule has 7 heteroatoms. The van der Waals surface area contributed by atoms with Crippen LogP contribution in [0.15, 0.2) is 27.6 Å². The fraction of sp³-hybridized carbons (Fsp3) is 0.538. The Labute approximate surface area is 128 Å². The molecule has 0 aliphatic carbocycles. The number of likely N-dealkylation sites (N-methyl/N-ethyl adjacent to an activating group) is 1. The van der Waals surface area contributed by atoms with Crippen molar-refractivity contribution in [1.29, 1.82) is 0 Å². The van der Waals surface area contributed by atoms with Gasteiger partial charge in [0.2, 0.25) is 10.0 Å². The van der Waals surface area contributed by atoms with E-state index in [4.69, 9.17) is 5.73 Å². The van der Waals surface area contributed by atoms with Gasteiger partial charge in [0.15, 0.2) is 0 Å². The number of hydrogen-bond donors (Lipinski definition) is 2. The van der Waals surface area contributed by atoms with E-state index in [1.165, 1.54) is 6.07 Å². The highest BCUT2D eigenvalue weighted by Gasteiger charge is 2.25. The van der Waals surface area contributed by atoms with Gasteiger partial charge in [-0.3, -0.25) is 4.90 Å². The lowest BCUT2D eigenvalue weighted by Crippen LogP contribution is -2.40. The van der Waals surface area contributed by atoms with E-state index in [1.807, 2.05) is 0 Å². The normalized spacial score (nSPS) is 20.4. The number of sulfonamides is 1. The third-order valence-corrected chi connectivity index (χ3v) is 6.08. The summed E-state index contributed by atoms with van der Waals surface area (Å²) in [5.41, 5.74) is 6.10. The van der Waals surface area contributed by atoms with E-state index in [9.17, 15) is 8.42 Å². The summed E-state index contributed by atoms with van der Waals surface area (Å²) in [5, 5.41) is 0. The highest BCUT2D eigenvalue weighted by molar-refractivity contribution is 9.10. The Morgan fingerprint density at radius 1 is 1.50 bits per heavy atom. The highest BCUT2D eigenvalue weighted by atomic mass is 79.9. The second-order valence-electron chi connectivity index (χ2n) is 4.97. The molecule has 0 radical (unpaired) electrons. The monoisotopic (exact) mass is 361 g/mol. The van der Waals surface area contributed by atoms with E-state index >= 15 is 0 Å². The smallest absolute Gasteiger partial charge is 0.241 e. The van der Waals surface area contributed by atoms with E-state index < -0.39 is 10.0 Å². The molecular formula is C13H20BrN3O2S. The van der Waals surface area contributed by atoms with Crippen LogP contribution in [0.4, 0.5) is 5.69 Å². The van der Waals surface area contributed by atoms with E-state index in [2.05, 4.69) is 32.5 Å². The largest absolute Gasteiger partial charge is 0.399 e. The molecule has 1 heterocycles. The quantitative estimate of drug-likeness (QED) is 0.784. The van der Waals surface area contributed by atoms with Gasteiger partial charge in [0.05, 0.1) is 4.90 Å². The number of anilines is 1. The molecule has 112 valence electrons. The fourth-order valence-electron chi connectivity index (χ4n) is 2.55. The van der Waals surface area contributed by atoms with E-state index in [1.54, 1.807) is 12.1 Å². The number of benzene rings is 1. The van der Waals surface area contributed by atoms with Crippen molar-refractivity contribution in [1.82, 2.24) is 9.62 Å². The molecule has 1 aromatic carbocycles. The number of nitrogens with zero attached hydrogens (tertiary/aromatic N) is 1. The second kappa shape index (κ2) is 6.43. The van der Waals surface area contributed by atoms with Crippen LogP contribution in [-0.2, 0) is 10.0 Å². The zero-order chi connectivity index (χ0) is 14.8. The summed E-state index contributed by atoms with van der Waals surface area (Å²) in [5.74, 6) is 0. The maximum atomic E-state index is 12.3. The van der Waals surface area contributed by atoms with Crippen molar-refractivity contribution in [3.8, 4) is 0 Å². The zero-order valence-corrected chi connectivity index (χ0v) is 13.9. The topological polar surface area (TPSA) is 75.4 Å². The highest BCUT2D eigenvalue weighted by Crippen LogP contribution is 2.24.